The number of thioether (sulfide) groups is 1. The number of aliphatic hydroxyl groups is 1. The summed E-state index contributed by atoms with van der Waals surface area (Å²) in [5.41, 5.74) is -0.00327. The third-order valence-corrected chi connectivity index (χ3v) is 4.32. The molecule has 0 saturated heterocycles. The van der Waals surface area contributed by atoms with E-state index in [1.807, 2.05) is 12.1 Å². The number of ether oxygens (including phenoxy) is 1. The highest BCUT2D eigenvalue weighted by Gasteiger charge is 2.38. The van der Waals surface area contributed by atoms with Crippen molar-refractivity contribution in [2.24, 2.45) is 5.41 Å². The Morgan fingerprint density at radius 3 is 2.94 bits per heavy atom. The molecule has 1 aliphatic heterocycles. The van der Waals surface area contributed by atoms with Crippen LogP contribution in [0.4, 0.5) is 0 Å². The number of hydrogen-bond donors (Lipinski definition) is 1. The van der Waals surface area contributed by atoms with Crippen LogP contribution >= 0.6 is 11.8 Å². The lowest BCUT2D eigenvalue weighted by Gasteiger charge is -2.30. The Morgan fingerprint density at radius 2 is 2.31 bits per heavy atom. The summed E-state index contributed by atoms with van der Waals surface area (Å²) in [6.07, 6.45) is 0. The number of benzene rings is 1. The summed E-state index contributed by atoms with van der Waals surface area (Å²) < 4.78 is 5.11. The smallest absolute Gasteiger partial charge is 0.173 e. The predicted octanol–water partition coefficient (Wildman–Crippen LogP) is 1.98. The monoisotopic (exact) mass is 238 g/mol. The topological polar surface area (TPSA) is 46.5 Å². The van der Waals surface area contributed by atoms with E-state index in [9.17, 15) is 9.90 Å². The molecule has 0 spiro atoms. The largest absolute Gasteiger partial charge is 0.497 e. The number of methoxy groups -OCH3 is 1. The number of Topliss-reactive ketones (excluding diaryl/α,β-unsaturated/α-hetero) is 1. The van der Waals surface area contributed by atoms with E-state index in [4.69, 9.17) is 4.74 Å². The Labute approximate surface area is 98.8 Å². The molecule has 1 heterocycles. The van der Waals surface area contributed by atoms with E-state index in [0.29, 0.717) is 17.1 Å². The van der Waals surface area contributed by atoms with Gasteiger partial charge >= 0.3 is 0 Å². The molecule has 0 bridgehead atoms. The number of rotatable bonds is 2. The zero-order valence-corrected chi connectivity index (χ0v) is 10.1. The molecule has 0 saturated carbocycles. The maximum atomic E-state index is 12.2. The van der Waals surface area contributed by atoms with Crippen LogP contribution in [0.15, 0.2) is 23.1 Å². The molecule has 3 nitrogen and oxygen atoms in total. The Kier molecular flexibility index (Phi) is 2.95. The van der Waals surface area contributed by atoms with E-state index in [1.165, 1.54) is 0 Å². The highest BCUT2D eigenvalue weighted by Crippen LogP contribution is 2.40. The Morgan fingerprint density at radius 1 is 1.56 bits per heavy atom. The van der Waals surface area contributed by atoms with Gasteiger partial charge in [0, 0.05) is 16.2 Å². The van der Waals surface area contributed by atoms with Gasteiger partial charge < -0.3 is 9.84 Å². The average molecular weight is 238 g/mol. The van der Waals surface area contributed by atoms with Crippen LogP contribution in [0.3, 0.4) is 0 Å². The van der Waals surface area contributed by atoms with E-state index >= 15 is 0 Å². The molecule has 1 aliphatic rings. The van der Waals surface area contributed by atoms with Crippen LogP contribution < -0.4 is 4.74 Å². The van der Waals surface area contributed by atoms with Gasteiger partial charge in [0.15, 0.2) is 5.78 Å². The molecular formula is C12H14O3S. The highest BCUT2D eigenvalue weighted by atomic mass is 32.2. The van der Waals surface area contributed by atoms with Gasteiger partial charge in [-0.15, -0.1) is 11.8 Å². The number of carbonyl (C=O) groups is 1. The third kappa shape index (κ3) is 1.72. The maximum absolute atomic E-state index is 12.2. The lowest BCUT2D eigenvalue weighted by Crippen LogP contribution is -2.37. The van der Waals surface area contributed by atoms with Crippen molar-refractivity contribution in [2.45, 2.75) is 11.8 Å². The molecule has 1 N–H and O–H groups in total. The molecule has 0 amide bonds. The summed E-state index contributed by atoms with van der Waals surface area (Å²) in [7, 11) is 1.58. The van der Waals surface area contributed by atoms with Crippen molar-refractivity contribution in [3.05, 3.63) is 23.8 Å². The normalized spacial score (nSPS) is 24.1. The zero-order valence-electron chi connectivity index (χ0n) is 9.32. The van der Waals surface area contributed by atoms with Gasteiger partial charge in [0.2, 0.25) is 0 Å². The van der Waals surface area contributed by atoms with Gasteiger partial charge in [-0.2, -0.15) is 0 Å². The highest BCUT2D eigenvalue weighted by molar-refractivity contribution is 7.99. The standard InChI is InChI=1S/C12H14O3S/c1-12(6-13)7-16-10-4-3-8(15-2)5-9(10)11(12)14/h3-5,13H,6-7H2,1-2H3. The van der Waals surface area contributed by atoms with Gasteiger partial charge in [-0.05, 0) is 25.1 Å². The van der Waals surface area contributed by atoms with Gasteiger partial charge in [-0.3, -0.25) is 4.79 Å². The zero-order chi connectivity index (χ0) is 11.8. The second-order valence-electron chi connectivity index (χ2n) is 4.20. The fraction of sp³-hybridized carbons (Fsp3) is 0.417. The number of carbonyl (C=O) groups excluding carboxylic acids is 1. The van der Waals surface area contributed by atoms with Crippen molar-refractivity contribution in [1.29, 1.82) is 0 Å². The minimum Gasteiger partial charge on any atom is -0.497 e. The Balaban J connectivity index is 2.46. The minimum atomic E-state index is -0.663. The first-order valence-corrected chi connectivity index (χ1v) is 6.06. The maximum Gasteiger partial charge on any atom is 0.173 e. The minimum absolute atomic E-state index is 0.00245. The van der Waals surface area contributed by atoms with Gasteiger partial charge in [0.1, 0.15) is 5.75 Å². The molecule has 0 fully saturated rings. The first kappa shape index (κ1) is 11.5. The fourth-order valence-corrected chi connectivity index (χ4v) is 2.85. The summed E-state index contributed by atoms with van der Waals surface area (Å²) in [5, 5.41) is 9.31. The van der Waals surface area contributed by atoms with Crippen molar-refractivity contribution in [1.82, 2.24) is 0 Å². The van der Waals surface area contributed by atoms with Crippen LogP contribution in [-0.2, 0) is 0 Å². The lowest BCUT2D eigenvalue weighted by molar-refractivity contribution is 0.0726. The predicted molar refractivity (Wildman–Crippen MR) is 63.2 cm³/mol. The second-order valence-corrected chi connectivity index (χ2v) is 5.22. The summed E-state index contributed by atoms with van der Waals surface area (Å²) >= 11 is 1.61. The van der Waals surface area contributed by atoms with E-state index in [0.717, 1.165) is 4.90 Å². The third-order valence-electron chi connectivity index (χ3n) is 2.87. The number of ketones is 1. The van der Waals surface area contributed by atoms with Gasteiger partial charge in [0.05, 0.1) is 19.1 Å². The van der Waals surface area contributed by atoms with Crippen molar-refractivity contribution in [3.8, 4) is 5.75 Å². The van der Waals surface area contributed by atoms with Crippen molar-refractivity contribution in [2.75, 3.05) is 19.5 Å². The molecule has 86 valence electrons. The number of aliphatic hydroxyl groups excluding tert-OH is 1. The molecule has 1 aromatic carbocycles. The summed E-state index contributed by atoms with van der Waals surface area (Å²) in [6, 6.07) is 5.49. The first-order valence-electron chi connectivity index (χ1n) is 5.07. The second kappa shape index (κ2) is 4.11. The Hall–Kier alpha value is -1.00. The molecule has 0 aliphatic carbocycles. The van der Waals surface area contributed by atoms with Crippen molar-refractivity contribution >= 4 is 17.5 Å². The summed E-state index contributed by atoms with van der Waals surface area (Å²) in [6.45, 7) is 1.68. The SMILES string of the molecule is COc1ccc2c(c1)C(=O)C(C)(CO)CS2. The fourth-order valence-electron chi connectivity index (χ4n) is 1.68. The summed E-state index contributed by atoms with van der Waals surface area (Å²) in [4.78, 5) is 13.2. The van der Waals surface area contributed by atoms with E-state index in [-0.39, 0.29) is 12.4 Å². The van der Waals surface area contributed by atoms with Gasteiger partial charge in [0.25, 0.3) is 0 Å². The van der Waals surface area contributed by atoms with Crippen LogP contribution in [0.25, 0.3) is 0 Å². The first-order chi connectivity index (χ1) is 7.60. The van der Waals surface area contributed by atoms with Crippen molar-refractivity contribution in [3.63, 3.8) is 0 Å². The van der Waals surface area contributed by atoms with Crippen LogP contribution in [0.5, 0.6) is 5.75 Å². The molecular weight excluding hydrogens is 224 g/mol. The molecule has 1 unspecified atom stereocenters. The molecule has 2 rings (SSSR count). The van der Waals surface area contributed by atoms with E-state index < -0.39 is 5.41 Å². The van der Waals surface area contributed by atoms with Gasteiger partial charge in [-0.25, -0.2) is 0 Å². The average Bonchev–Trinajstić information content (AvgIpc) is 2.34. The number of fused-ring (bicyclic) bond motifs is 1. The molecule has 16 heavy (non-hydrogen) atoms. The van der Waals surface area contributed by atoms with Crippen molar-refractivity contribution < 1.29 is 14.6 Å². The lowest BCUT2D eigenvalue weighted by atomic mass is 9.84. The van der Waals surface area contributed by atoms with Crippen LogP contribution in [0, 0.1) is 5.41 Å². The Bertz CT molecular complexity index is 430. The van der Waals surface area contributed by atoms with Crippen LogP contribution in [-0.4, -0.2) is 30.4 Å². The number of hydrogen-bond acceptors (Lipinski definition) is 4. The van der Waals surface area contributed by atoms with E-state index in [1.54, 1.807) is 31.9 Å². The van der Waals surface area contributed by atoms with E-state index in [2.05, 4.69) is 0 Å². The van der Waals surface area contributed by atoms with Crippen LogP contribution in [0.1, 0.15) is 17.3 Å². The quantitative estimate of drug-likeness (QED) is 0.856. The molecule has 4 heteroatoms. The van der Waals surface area contributed by atoms with Gasteiger partial charge in [-0.1, -0.05) is 0 Å². The molecule has 1 atom stereocenters. The molecule has 0 radical (unpaired) electrons. The molecule has 1 aromatic rings. The van der Waals surface area contributed by atoms with Crippen LogP contribution in [0.2, 0.25) is 0 Å². The summed E-state index contributed by atoms with van der Waals surface area (Å²) in [5.74, 6) is 1.30. The molecule has 0 aromatic heterocycles.